The van der Waals surface area contributed by atoms with Gasteiger partial charge in [-0.1, -0.05) is 37.0 Å². The Hall–Kier alpha value is -1.68. The van der Waals surface area contributed by atoms with E-state index in [1.807, 2.05) is 12.1 Å². The fourth-order valence-corrected chi connectivity index (χ4v) is 3.79. The van der Waals surface area contributed by atoms with Gasteiger partial charge in [-0.05, 0) is 50.7 Å². The van der Waals surface area contributed by atoms with Gasteiger partial charge in [0.2, 0.25) is 11.8 Å². The third kappa shape index (κ3) is 3.86. The molecule has 2 saturated carbocycles. The predicted octanol–water partition coefficient (Wildman–Crippen LogP) is 4.59. The third-order valence-corrected chi connectivity index (χ3v) is 5.38. The van der Waals surface area contributed by atoms with Gasteiger partial charge in [0.25, 0.3) is 0 Å². The molecule has 0 amide bonds. The van der Waals surface area contributed by atoms with Gasteiger partial charge < -0.3 is 4.42 Å². The molecule has 0 atom stereocenters. The number of nitrogens with zero attached hydrogens (tertiary/aromatic N) is 3. The van der Waals surface area contributed by atoms with Gasteiger partial charge in [0.1, 0.15) is 0 Å². The van der Waals surface area contributed by atoms with E-state index in [1.165, 1.54) is 57.1 Å². The molecule has 24 heavy (non-hydrogen) atoms. The molecule has 0 aliphatic heterocycles. The van der Waals surface area contributed by atoms with Crippen molar-refractivity contribution >= 4 is 0 Å². The summed E-state index contributed by atoms with van der Waals surface area (Å²) in [7, 11) is 0. The summed E-state index contributed by atoms with van der Waals surface area (Å²) >= 11 is 0. The first kappa shape index (κ1) is 15.8. The summed E-state index contributed by atoms with van der Waals surface area (Å²) in [4.78, 5) is 2.59. The molecule has 1 aromatic carbocycles. The summed E-state index contributed by atoms with van der Waals surface area (Å²) in [6, 6.07) is 9.00. The molecule has 0 spiro atoms. The number of aromatic nitrogens is 2. The van der Waals surface area contributed by atoms with E-state index in [0.29, 0.717) is 5.89 Å². The van der Waals surface area contributed by atoms with Crippen molar-refractivity contribution in [3.05, 3.63) is 35.7 Å². The first-order valence-electron chi connectivity index (χ1n) is 9.41. The molecule has 0 bridgehead atoms. The summed E-state index contributed by atoms with van der Waals surface area (Å²) in [5.74, 6) is 2.26. The van der Waals surface area contributed by atoms with Gasteiger partial charge in [-0.2, -0.15) is 0 Å². The van der Waals surface area contributed by atoms with Gasteiger partial charge in [0.15, 0.2) is 0 Å². The van der Waals surface area contributed by atoms with Crippen molar-refractivity contribution in [2.75, 3.05) is 6.54 Å². The molecule has 2 aliphatic rings. The number of aryl methyl sites for hydroxylation is 1. The minimum atomic E-state index is 0.637. The number of benzene rings is 1. The second-order valence-electron chi connectivity index (χ2n) is 7.53. The predicted molar refractivity (Wildman–Crippen MR) is 94.5 cm³/mol. The molecule has 2 aliphatic carbocycles. The Labute approximate surface area is 144 Å². The van der Waals surface area contributed by atoms with Crippen molar-refractivity contribution in [1.82, 2.24) is 15.1 Å². The molecule has 1 aromatic heterocycles. The van der Waals surface area contributed by atoms with Crippen LogP contribution in [0.25, 0.3) is 11.5 Å². The Kier molecular flexibility index (Phi) is 4.65. The fraction of sp³-hybridized carbons (Fsp3) is 0.600. The SMILES string of the molecule is Cc1ccc(-c2nnc(CN(CC3CCCCC3)C3CC3)o2)cc1. The van der Waals surface area contributed by atoms with E-state index >= 15 is 0 Å². The molecule has 2 fully saturated rings. The maximum Gasteiger partial charge on any atom is 0.247 e. The summed E-state index contributed by atoms with van der Waals surface area (Å²) < 4.78 is 5.94. The second-order valence-corrected chi connectivity index (χ2v) is 7.53. The Bertz CT molecular complexity index is 654. The lowest BCUT2D eigenvalue weighted by atomic mass is 9.89. The number of hydrogen-bond donors (Lipinski definition) is 0. The van der Waals surface area contributed by atoms with Crippen LogP contribution in [0.15, 0.2) is 28.7 Å². The maximum absolute atomic E-state index is 5.94. The minimum absolute atomic E-state index is 0.637. The second kappa shape index (κ2) is 7.06. The van der Waals surface area contributed by atoms with Crippen LogP contribution < -0.4 is 0 Å². The highest BCUT2D eigenvalue weighted by molar-refractivity contribution is 5.52. The van der Waals surface area contributed by atoms with Crippen molar-refractivity contribution in [1.29, 1.82) is 0 Å². The normalized spacial score (nSPS) is 19.1. The molecule has 0 saturated heterocycles. The smallest absolute Gasteiger partial charge is 0.247 e. The maximum atomic E-state index is 5.94. The molecule has 4 nitrogen and oxygen atoms in total. The van der Waals surface area contributed by atoms with Gasteiger partial charge in [-0.15, -0.1) is 10.2 Å². The topological polar surface area (TPSA) is 42.2 Å². The molecular formula is C20H27N3O. The zero-order chi connectivity index (χ0) is 16.4. The van der Waals surface area contributed by atoms with E-state index in [4.69, 9.17) is 4.42 Å². The molecule has 128 valence electrons. The number of hydrogen-bond acceptors (Lipinski definition) is 4. The molecule has 4 heteroatoms. The van der Waals surface area contributed by atoms with Gasteiger partial charge in [0.05, 0.1) is 6.54 Å². The lowest BCUT2D eigenvalue weighted by Gasteiger charge is -2.28. The Morgan fingerprint density at radius 1 is 1.00 bits per heavy atom. The fourth-order valence-electron chi connectivity index (χ4n) is 3.79. The summed E-state index contributed by atoms with van der Waals surface area (Å²) in [5.41, 5.74) is 2.25. The van der Waals surface area contributed by atoms with Crippen LogP contribution in [-0.4, -0.2) is 27.7 Å². The minimum Gasteiger partial charge on any atom is -0.419 e. The van der Waals surface area contributed by atoms with Crippen LogP contribution in [-0.2, 0) is 6.54 Å². The van der Waals surface area contributed by atoms with Crippen LogP contribution >= 0.6 is 0 Å². The molecule has 2 aromatic rings. The summed E-state index contributed by atoms with van der Waals surface area (Å²) in [6.45, 7) is 4.09. The van der Waals surface area contributed by atoms with E-state index in [1.54, 1.807) is 0 Å². The van der Waals surface area contributed by atoms with E-state index in [9.17, 15) is 0 Å². The summed E-state index contributed by atoms with van der Waals surface area (Å²) in [5, 5.41) is 8.55. The first-order valence-corrected chi connectivity index (χ1v) is 9.41. The molecule has 4 rings (SSSR count). The average Bonchev–Trinajstić information content (AvgIpc) is 3.36. The highest BCUT2D eigenvalue weighted by Crippen LogP contribution is 2.32. The standard InChI is InChI=1S/C20H27N3O/c1-15-7-9-17(10-8-15)20-22-21-19(24-20)14-23(18-11-12-18)13-16-5-3-2-4-6-16/h7-10,16,18H,2-6,11-14H2,1H3. The van der Waals surface area contributed by atoms with Crippen molar-refractivity contribution in [2.45, 2.75) is 64.5 Å². The van der Waals surface area contributed by atoms with Gasteiger partial charge >= 0.3 is 0 Å². The van der Waals surface area contributed by atoms with Crippen LogP contribution in [0.4, 0.5) is 0 Å². The lowest BCUT2D eigenvalue weighted by Crippen LogP contribution is -2.32. The zero-order valence-corrected chi connectivity index (χ0v) is 14.6. The van der Waals surface area contributed by atoms with Gasteiger partial charge in [-0.3, -0.25) is 4.90 Å². The van der Waals surface area contributed by atoms with E-state index in [0.717, 1.165) is 30.0 Å². The van der Waals surface area contributed by atoms with Crippen molar-refractivity contribution in [2.24, 2.45) is 5.92 Å². The molecule has 1 heterocycles. The highest BCUT2D eigenvalue weighted by atomic mass is 16.4. The highest BCUT2D eigenvalue weighted by Gasteiger charge is 2.32. The van der Waals surface area contributed by atoms with Crippen molar-refractivity contribution in [3.63, 3.8) is 0 Å². The van der Waals surface area contributed by atoms with Crippen LogP contribution in [0, 0.1) is 12.8 Å². The zero-order valence-electron chi connectivity index (χ0n) is 14.6. The van der Waals surface area contributed by atoms with Crippen LogP contribution in [0.3, 0.4) is 0 Å². The first-order chi connectivity index (χ1) is 11.8. The molecular weight excluding hydrogens is 298 g/mol. The molecule has 0 radical (unpaired) electrons. The van der Waals surface area contributed by atoms with Crippen molar-refractivity contribution in [3.8, 4) is 11.5 Å². The largest absolute Gasteiger partial charge is 0.419 e. The van der Waals surface area contributed by atoms with Gasteiger partial charge in [0, 0.05) is 18.2 Å². The van der Waals surface area contributed by atoms with Crippen LogP contribution in [0.5, 0.6) is 0 Å². The number of rotatable bonds is 6. The van der Waals surface area contributed by atoms with E-state index in [2.05, 4.69) is 34.2 Å². The average molecular weight is 325 g/mol. The summed E-state index contributed by atoms with van der Waals surface area (Å²) in [6.07, 6.45) is 9.66. The Morgan fingerprint density at radius 3 is 2.46 bits per heavy atom. The molecule has 0 unspecified atom stereocenters. The third-order valence-electron chi connectivity index (χ3n) is 5.38. The molecule has 0 N–H and O–H groups in total. The van der Waals surface area contributed by atoms with Gasteiger partial charge in [-0.25, -0.2) is 0 Å². The van der Waals surface area contributed by atoms with E-state index < -0.39 is 0 Å². The van der Waals surface area contributed by atoms with Crippen LogP contribution in [0.2, 0.25) is 0 Å². The quantitative estimate of drug-likeness (QED) is 0.779. The Morgan fingerprint density at radius 2 is 1.75 bits per heavy atom. The van der Waals surface area contributed by atoms with E-state index in [-0.39, 0.29) is 0 Å². The lowest BCUT2D eigenvalue weighted by molar-refractivity contribution is 0.172. The van der Waals surface area contributed by atoms with Crippen molar-refractivity contribution < 1.29 is 4.42 Å². The Balaban J connectivity index is 1.42. The van der Waals surface area contributed by atoms with Crippen LogP contribution in [0.1, 0.15) is 56.4 Å². The monoisotopic (exact) mass is 325 g/mol.